The van der Waals surface area contributed by atoms with Crippen LogP contribution in [0.25, 0.3) is 0 Å². The number of carboxylic acid groups (broad SMARTS) is 1. The van der Waals surface area contributed by atoms with Crippen molar-refractivity contribution in [3.8, 4) is 11.5 Å². The number of amides is 1. The molecule has 1 amide bonds. The van der Waals surface area contributed by atoms with Crippen LogP contribution in [0, 0.1) is 11.5 Å². The molecule has 0 aliphatic carbocycles. The molecular weight excluding hydrogens is 318 g/mol. The maximum absolute atomic E-state index is 11.8. The van der Waals surface area contributed by atoms with Gasteiger partial charge in [0.1, 0.15) is 13.7 Å². The van der Waals surface area contributed by atoms with Gasteiger partial charge >= 0.3 is 18.0 Å². The molecule has 2 N–H and O–H groups in total. The van der Waals surface area contributed by atoms with Gasteiger partial charge in [0.15, 0.2) is 12.1 Å². The Morgan fingerprint density at radius 1 is 1.17 bits per heavy atom. The van der Waals surface area contributed by atoms with Crippen LogP contribution in [-0.2, 0) is 19.1 Å². The minimum Gasteiger partial charge on any atom is -0.480 e. The van der Waals surface area contributed by atoms with Gasteiger partial charge in [0.2, 0.25) is 0 Å². The standard InChI is InChI=1S/C15H25NO6Si/c1-10(17)21-11(8-9-23(5,6)7)12(13(18)19)16-14(20)22-15(2,3)4/h11-12H,1-7H3,(H,16,20)(H,18,19)/t11-,12+/m1/s1. The lowest BCUT2D eigenvalue weighted by molar-refractivity contribution is -0.150. The first-order valence-corrected chi connectivity index (χ1v) is 10.6. The van der Waals surface area contributed by atoms with Gasteiger partial charge in [-0.25, -0.2) is 9.59 Å². The van der Waals surface area contributed by atoms with Gasteiger partial charge < -0.3 is 19.9 Å². The molecule has 0 spiro atoms. The van der Waals surface area contributed by atoms with Crippen LogP contribution in [0.3, 0.4) is 0 Å². The van der Waals surface area contributed by atoms with Crippen LogP contribution in [0.5, 0.6) is 0 Å². The van der Waals surface area contributed by atoms with E-state index in [-0.39, 0.29) is 0 Å². The number of hydrogen-bond donors (Lipinski definition) is 2. The van der Waals surface area contributed by atoms with Crippen molar-refractivity contribution in [2.75, 3.05) is 0 Å². The fourth-order valence-corrected chi connectivity index (χ4v) is 1.92. The Morgan fingerprint density at radius 2 is 1.70 bits per heavy atom. The number of carboxylic acids is 1. The predicted molar refractivity (Wildman–Crippen MR) is 87.5 cm³/mol. The molecule has 0 aromatic carbocycles. The molecule has 0 saturated carbocycles. The Labute approximate surface area is 137 Å². The van der Waals surface area contributed by atoms with Crippen molar-refractivity contribution in [2.45, 2.75) is 65.1 Å². The highest BCUT2D eigenvalue weighted by Gasteiger charge is 2.33. The molecule has 0 unspecified atom stereocenters. The quantitative estimate of drug-likeness (QED) is 0.458. The first kappa shape index (κ1) is 21.0. The predicted octanol–water partition coefficient (Wildman–Crippen LogP) is 1.78. The summed E-state index contributed by atoms with van der Waals surface area (Å²) in [6, 6.07) is -1.52. The van der Waals surface area contributed by atoms with E-state index in [1.807, 2.05) is 19.6 Å². The monoisotopic (exact) mass is 343 g/mol. The van der Waals surface area contributed by atoms with E-state index in [2.05, 4.69) is 16.8 Å². The Bertz CT molecular complexity index is 521. The number of carbonyl (C=O) groups excluding carboxylic acids is 2. The largest absolute Gasteiger partial charge is 0.480 e. The summed E-state index contributed by atoms with van der Waals surface area (Å²) in [6.45, 7) is 12.0. The van der Waals surface area contributed by atoms with Gasteiger partial charge in [-0.15, -0.1) is 5.54 Å². The average molecular weight is 343 g/mol. The Hall–Kier alpha value is -2.01. The molecule has 0 heterocycles. The van der Waals surface area contributed by atoms with Crippen LogP contribution < -0.4 is 5.32 Å². The molecule has 0 aromatic heterocycles. The lowest BCUT2D eigenvalue weighted by Crippen LogP contribution is -2.51. The third-order valence-electron chi connectivity index (χ3n) is 2.12. The van der Waals surface area contributed by atoms with Gasteiger partial charge in [-0.2, -0.15) is 0 Å². The van der Waals surface area contributed by atoms with E-state index < -0.39 is 43.9 Å². The zero-order valence-corrected chi connectivity index (χ0v) is 15.6. The number of ether oxygens (including phenoxy) is 2. The SMILES string of the molecule is CC(=O)O[C@H](C#C[Si](C)(C)C)[C@H](NC(=O)OC(C)(C)C)C(=O)O. The third kappa shape index (κ3) is 10.4. The van der Waals surface area contributed by atoms with Gasteiger partial charge in [0.05, 0.1) is 0 Å². The fraction of sp³-hybridized carbons (Fsp3) is 0.667. The van der Waals surface area contributed by atoms with Crippen molar-refractivity contribution >= 4 is 26.1 Å². The number of nitrogens with one attached hydrogen (secondary N) is 1. The molecule has 0 aliphatic heterocycles. The molecular formula is C15H25NO6Si. The van der Waals surface area contributed by atoms with Crippen LogP contribution in [0.1, 0.15) is 27.7 Å². The van der Waals surface area contributed by atoms with Crippen molar-refractivity contribution in [1.82, 2.24) is 5.32 Å². The van der Waals surface area contributed by atoms with E-state index in [4.69, 9.17) is 9.47 Å². The summed E-state index contributed by atoms with van der Waals surface area (Å²) in [5.74, 6) is 0.606. The number of hydrogen-bond acceptors (Lipinski definition) is 5. The number of alkyl carbamates (subject to hydrolysis) is 1. The van der Waals surface area contributed by atoms with Crippen molar-refractivity contribution in [3.05, 3.63) is 0 Å². The smallest absolute Gasteiger partial charge is 0.408 e. The van der Waals surface area contributed by atoms with Gasteiger partial charge in [0, 0.05) is 6.92 Å². The average Bonchev–Trinajstić information content (AvgIpc) is 2.27. The number of carbonyl (C=O) groups is 3. The second-order valence-corrected chi connectivity index (χ2v) is 11.8. The van der Waals surface area contributed by atoms with Crippen LogP contribution in [0.15, 0.2) is 0 Å². The first-order chi connectivity index (χ1) is 10.2. The highest BCUT2D eigenvalue weighted by molar-refractivity contribution is 6.83. The highest BCUT2D eigenvalue weighted by atomic mass is 28.3. The van der Waals surface area contributed by atoms with Gasteiger partial charge in [0.25, 0.3) is 0 Å². The molecule has 0 aromatic rings. The Balaban J connectivity index is 5.37. The van der Waals surface area contributed by atoms with Crippen LogP contribution in [0.4, 0.5) is 4.79 Å². The van der Waals surface area contributed by atoms with Gasteiger partial charge in [-0.3, -0.25) is 4.79 Å². The molecule has 130 valence electrons. The second-order valence-electron chi connectivity index (χ2n) is 7.01. The van der Waals surface area contributed by atoms with Crippen molar-refractivity contribution < 1.29 is 29.0 Å². The van der Waals surface area contributed by atoms with E-state index in [1.165, 1.54) is 0 Å². The number of rotatable bonds is 4. The summed E-state index contributed by atoms with van der Waals surface area (Å²) in [6.07, 6.45) is -2.21. The Morgan fingerprint density at radius 3 is 2.04 bits per heavy atom. The molecule has 0 fully saturated rings. The second kappa shape index (κ2) is 8.01. The molecule has 0 saturated heterocycles. The van der Waals surface area contributed by atoms with E-state index in [0.29, 0.717) is 0 Å². The van der Waals surface area contributed by atoms with E-state index in [0.717, 1.165) is 6.92 Å². The lowest BCUT2D eigenvalue weighted by Gasteiger charge is -2.24. The molecule has 0 rings (SSSR count). The number of esters is 1. The first-order valence-electron chi connectivity index (χ1n) is 7.13. The summed E-state index contributed by atoms with van der Waals surface area (Å²) < 4.78 is 9.98. The molecule has 8 heteroatoms. The minimum absolute atomic E-state index is 0.683. The molecule has 2 atom stereocenters. The molecule has 23 heavy (non-hydrogen) atoms. The van der Waals surface area contributed by atoms with E-state index in [1.54, 1.807) is 20.8 Å². The zero-order chi connectivity index (χ0) is 18.4. The normalized spacial score (nSPS) is 13.9. The Kier molecular flexibility index (Phi) is 7.31. The molecule has 0 bridgehead atoms. The highest BCUT2D eigenvalue weighted by Crippen LogP contribution is 2.09. The van der Waals surface area contributed by atoms with Gasteiger partial charge in [-0.1, -0.05) is 25.6 Å². The van der Waals surface area contributed by atoms with E-state index in [9.17, 15) is 19.5 Å². The lowest BCUT2D eigenvalue weighted by atomic mass is 10.1. The van der Waals surface area contributed by atoms with Crippen molar-refractivity contribution in [1.29, 1.82) is 0 Å². The van der Waals surface area contributed by atoms with Crippen LogP contribution in [-0.4, -0.2) is 49.0 Å². The van der Waals surface area contributed by atoms with Crippen molar-refractivity contribution in [3.63, 3.8) is 0 Å². The topological polar surface area (TPSA) is 102 Å². The van der Waals surface area contributed by atoms with Crippen LogP contribution in [0.2, 0.25) is 19.6 Å². The zero-order valence-electron chi connectivity index (χ0n) is 14.6. The summed E-state index contributed by atoms with van der Waals surface area (Å²) in [7, 11) is -1.82. The molecule has 0 aliphatic rings. The summed E-state index contributed by atoms with van der Waals surface area (Å²) in [5, 5.41) is 11.5. The maximum atomic E-state index is 11.8. The third-order valence-corrected chi connectivity index (χ3v) is 3.02. The van der Waals surface area contributed by atoms with Gasteiger partial charge in [-0.05, 0) is 20.8 Å². The van der Waals surface area contributed by atoms with Crippen LogP contribution >= 0.6 is 0 Å². The van der Waals surface area contributed by atoms with E-state index >= 15 is 0 Å². The number of aliphatic carboxylic acids is 1. The fourth-order valence-electron chi connectivity index (χ4n) is 1.35. The summed E-state index contributed by atoms with van der Waals surface area (Å²) >= 11 is 0. The minimum atomic E-state index is -1.82. The molecule has 7 nitrogen and oxygen atoms in total. The van der Waals surface area contributed by atoms with Crippen molar-refractivity contribution in [2.24, 2.45) is 0 Å². The summed E-state index contributed by atoms with van der Waals surface area (Å²) in [4.78, 5) is 34.4. The molecule has 0 radical (unpaired) electrons. The summed E-state index contributed by atoms with van der Waals surface area (Å²) in [5.41, 5.74) is 2.16. The maximum Gasteiger partial charge on any atom is 0.408 e.